The second kappa shape index (κ2) is 10.2. The van der Waals surface area contributed by atoms with E-state index in [1.54, 1.807) is 18.4 Å². The van der Waals surface area contributed by atoms with Gasteiger partial charge in [0.1, 0.15) is 5.75 Å². The van der Waals surface area contributed by atoms with Gasteiger partial charge in [-0.2, -0.15) is 0 Å². The highest BCUT2D eigenvalue weighted by Gasteiger charge is 2.08. The number of halogens is 1. The van der Waals surface area contributed by atoms with Crippen LogP contribution in [0.15, 0.2) is 52.3 Å². The Morgan fingerprint density at radius 3 is 2.59 bits per heavy atom. The topological polar surface area (TPSA) is 21.7 Å². The first-order valence-corrected chi connectivity index (χ1v) is 10.9. The number of ether oxygens (including phenoxy) is 2. The van der Waals surface area contributed by atoms with Gasteiger partial charge in [0.2, 0.25) is 0 Å². The Bertz CT molecular complexity index is 847. The second-order valence-corrected chi connectivity index (χ2v) is 8.49. The molecule has 0 amide bonds. The molecule has 0 spiro atoms. The third-order valence-corrected chi connectivity index (χ3v) is 6.06. The summed E-state index contributed by atoms with van der Waals surface area (Å²) < 4.78 is 13.4. The van der Waals surface area contributed by atoms with Gasteiger partial charge in [-0.05, 0) is 67.7 Å². The van der Waals surface area contributed by atoms with Gasteiger partial charge in [-0.3, -0.25) is 0 Å². The Morgan fingerprint density at radius 1 is 1.00 bits per heavy atom. The predicted octanol–water partition coefficient (Wildman–Crippen LogP) is 6.07. The van der Waals surface area contributed by atoms with Gasteiger partial charge < -0.3 is 14.4 Å². The zero-order valence-electron chi connectivity index (χ0n) is 15.9. The Kier molecular flexibility index (Phi) is 7.70. The maximum Gasteiger partial charge on any atom is 0.120 e. The molecule has 0 fully saturated rings. The molecule has 0 unspecified atom stereocenters. The Morgan fingerprint density at radius 2 is 1.81 bits per heavy atom. The van der Waals surface area contributed by atoms with Crippen molar-refractivity contribution in [1.29, 1.82) is 0 Å². The van der Waals surface area contributed by atoms with E-state index in [-0.39, 0.29) is 0 Å². The van der Waals surface area contributed by atoms with E-state index in [2.05, 4.69) is 75.7 Å². The van der Waals surface area contributed by atoms with Crippen molar-refractivity contribution in [2.45, 2.75) is 12.8 Å². The van der Waals surface area contributed by atoms with Crippen LogP contribution >= 0.6 is 27.3 Å². The summed E-state index contributed by atoms with van der Waals surface area (Å²) in [7, 11) is 3.88. The molecular weight excluding hydrogens is 422 g/mol. The van der Waals surface area contributed by atoms with Gasteiger partial charge in [0.05, 0.1) is 13.2 Å². The number of benzene rings is 2. The maximum atomic E-state index is 5.97. The highest BCUT2D eigenvalue weighted by Crippen LogP contribution is 2.36. The number of hydrogen-bond donors (Lipinski definition) is 0. The molecule has 3 aromatic rings. The Labute approximate surface area is 174 Å². The summed E-state index contributed by atoms with van der Waals surface area (Å²) >= 11 is 5.27. The van der Waals surface area contributed by atoms with Gasteiger partial charge in [-0.25, -0.2) is 0 Å². The fraction of sp³-hybridized carbons (Fsp3) is 0.364. The summed E-state index contributed by atoms with van der Waals surface area (Å²) in [6, 6.07) is 14.9. The number of nitrogens with zero attached hydrogens (tertiary/aromatic N) is 1. The molecule has 3 nitrogen and oxygen atoms in total. The number of rotatable bonds is 10. The van der Waals surface area contributed by atoms with Gasteiger partial charge in [-0.15, -0.1) is 11.3 Å². The minimum Gasteiger partial charge on any atom is -0.494 e. The average Bonchev–Trinajstić information content (AvgIpc) is 3.10. The van der Waals surface area contributed by atoms with Crippen LogP contribution in [-0.2, 0) is 4.74 Å². The molecule has 0 saturated heterocycles. The minimum atomic E-state index is 0.759. The normalized spacial score (nSPS) is 11.4. The lowest BCUT2D eigenvalue weighted by molar-refractivity contribution is 0.159. The van der Waals surface area contributed by atoms with E-state index >= 15 is 0 Å². The molecule has 1 heterocycles. The predicted molar refractivity (Wildman–Crippen MR) is 119 cm³/mol. The monoisotopic (exact) mass is 447 g/mol. The molecule has 144 valence electrons. The molecule has 0 aliphatic rings. The third kappa shape index (κ3) is 5.79. The molecule has 5 heteroatoms. The van der Waals surface area contributed by atoms with Gasteiger partial charge in [0.25, 0.3) is 0 Å². The fourth-order valence-electron chi connectivity index (χ4n) is 2.98. The van der Waals surface area contributed by atoms with Crippen LogP contribution in [0.5, 0.6) is 5.75 Å². The summed E-state index contributed by atoms with van der Waals surface area (Å²) in [5, 5.41) is 3.52. The lowest BCUT2D eigenvalue weighted by atomic mass is 10.1. The number of thiophene rings is 1. The fourth-order valence-corrected chi connectivity index (χ4v) is 4.25. The zero-order valence-corrected chi connectivity index (χ0v) is 18.3. The highest BCUT2D eigenvalue weighted by molar-refractivity contribution is 9.10. The number of likely N-dealkylation sites (N-methyl/N-ethyl adjacent to an activating group) is 1. The van der Waals surface area contributed by atoms with Crippen LogP contribution in [-0.4, -0.2) is 45.4 Å². The van der Waals surface area contributed by atoms with Crippen LogP contribution in [0.1, 0.15) is 12.8 Å². The zero-order chi connectivity index (χ0) is 19.1. The summed E-state index contributed by atoms with van der Waals surface area (Å²) in [6.45, 7) is 3.60. The van der Waals surface area contributed by atoms with Crippen molar-refractivity contribution >= 4 is 37.4 Å². The molecule has 3 rings (SSSR count). The molecule has 1 aromatic heterocycles. The van der Waals surface area contributed by atoms with Crippen molar-refractivity contribution in [3.63, 3.8) is 0 Å². The second-order valence-electron chi connectivity index (χ2n) is 6.67. The van der Waals surface area contributed by atoms with E-state index in [0.717, 1.165) is 49.4 Å². The van der Waals surface area contributed by atoms with Crippen molar-refractivity contribution in [2.24, 2.45) is 0 Å². The number of methoxy groups -OCH3 is 1. The van der Waals surface area contributed by atoms with Gasteiger partial charge in [0, 0.05) is 33.8 Å². The minimum absolute atomic E-state index is 0.759. The molecule has 0 N–H and O–H groups in total. The first kappa shape index (κ1) is 20.3. The summed E-state index contributed by atoms with van der Waals surface area (Å²) in [5.74, 6) is 0.958. The van der Waals surface area contributed by atoms with E-state index in [4.69, 9.17) is 9.47 Å². The number of hydrogen-bond acceptors (Lipinski definition) is 4. The van der Waals surface area contributed by atoms with Crippen LogP contribution < -0.4 is 4.74 Å². The summed E-state index contributed by atoms with van der Waals surface area (Å²) in [6.07, 6.45) is 2.19. The van der Waals surface area contributed by atoms with Crippen molar-refractivity contribution in [2.75, 3.05) is 40.5 Å². The third-order valence-electron chi connectivity index (χ3n) is 4.58. The largest absolute Gasteiger partial charge is 0.494 e. The van der Waals surface area contributed by atoms with Crippen molar-refractivity contribution in [3.05, 3.63) is 52.3 Å². The summed E-state index contributed by atoms with van der Waals surface area (Å²) in [5.41, 5.74) is 2.53. The number of fused-ring (bicyclic) bond motifs is 1. The van der Waals surface area contributed by atoms with Crippen molar-refractivity contribution in [3.8, 4) is 16.9 Å². The number of unbranched alkanes of at least 4 members (excludes halogenated alkanes) is 1. The van der Waals surface area contributed by atoms with Crippen molar-refractivity contribution < 1.29 is 9.47 Å². The quantitative estimate of drug-likeness (QED) is 0.352. The first-order chi connectivity index (χ1) is 13.2. The van der Waals surface area contributed by atoms with E-state index < -0.39 is 0 Å². The average molecular weight is 448 g/mol. The lowest BCUT2D eigenvalue weighted by Gasteiger charge is -2.15. The molecule has 0 saturated carbocycles. The Balaban J connectivity index is 1.53. The van der Waals surface area contributed by atoms with Gasteiger partial charge in [-0.1, -0.05) is 28.1 Å². The van der Waals surface area contributed by atoms with Crippen LogP contribution in [0.3, 0.4) is 0 Å². The maximum absolute atomic E-state index is 5.97. The van der Waals surface area contributed by atoms with Gasteiger partial charge >= 0.3 is 0 Å². The molecule has 27 heavy (non-hydrogen) atoms. The van der Waals surface area contributed by atoms with Gasteiger partial charge in [0.15, 0.2) is 0 Å². The molecular formula is C22H26BrNO2S. The Hall–Kier alpha value is -1.40. The molecule has 0 bridgehead atoms. The molecule has 2 aromatic carbocycles. The summed E-state index contributed by atoms with van der Waals surface area (Å²) in [4.78, 5) is 2.30. The van der Waals surface area contributed by atoms with E-state index in [0.29, 0.717) is 0 Å². The molecule has 0 radical (unpaired) electrons. The van der Waals surface area contributed by atoms with Crippen LogP contribution in [0.25, 0.3) is 21.2 Å². The van der Waals surface area contributed by atoms with Crippen LogP contribution in [0, 0.1) is 0 Å². The van der Waals surface area contributed by atoms with E-state index in [1.165, 1.54) is 21.2 Å². The molecule has 0 aliphatic carbocycles. The molecule has 0 atom stereocenters. The van der Waals surface area contributed by atoms with Crippen LogP contribution in [0.4, 0.5) is 0 Å². The van der Waals surface area contributed by atoms with E-state index in [1.807, 2.05) is 0 Å². The SMILES string of the molecule is COCCN(C)CCCCOc1ccc2c(-c3ccc(Br)cc3)csc2c1. The first-order valence-electron chi connectivity index (χ1n) is 9.25. The highest BCUT2D eigenvalue weighted by atomic mass is 79.9. The molecule has 0 aliphatic heterocycles. The lowest BCUT2D eigenvalue weighted by Crippen LogP contribution is -2.24. The van der Waals surface area contributed by atoms with Crippen molar-refractivity contribution in [1.82, 2.24) is 4.90 Å². The standard InChI is InChI=1S/C22H26BrNO2S/c1-24(12-14-25-2)11-3-4-13-26-19-9-10-20-21(16-27-22(20)15-19)17-5-7-18(23)8-6-17/h5-10,15-16H,3-4,11-14H2,1-2H3. The smallest absolute Gasteiger partial charge is 0.120 e. The van der Waals surface area contributed by atoms with E-state index in [9.17, 15) is 0 Å². The van der Waals surface area contributed by atoms with Crippen LogP contribution in [0.2, 0.25) is 0 Å².